The number of nitrogens with zero attached hydrogens (tertiary/aromatic N) is 1. The van der Waals surface area contributed by atoms with Crippen LogP contribution in [0.1, 0.15) is 26.7 Å². The van der Waals surface area contributed by atoms with Crippen molar-refractivity contribution < 1.29 is 4.79 Å². The number of alkyl halides is 1. The summed E-state index contributed by atoms with van der Waals surface area (Å²) in [6.45, 7) is 4.76. The lowest BCUT2D eigenvalue weighted by atomic mass is 10.2. The van der Waals surface area contributed by atoms with Crippen LogP contribution in [0.4, 0.5) is 0 Å². The summed E-state index contributed by atoms with van der Waals surface area (Å²) in [5, 5.41) is -0.333. The normalized spacial score (nSPS) is 23.5. The molecule has 0 bridgehead atoms. The summed E-state index contributed by atoms with van der Waals surface area (Å²) < 4.78 is 0. The van der Waals surface area contributed by atoms with Crippen LogP contribution >= 0.6 is 23.4 Å². The SMILES string of the molecule is CCC(Cl)C(=O)N(CC)C1CCSC1. The maximum atomic E-state index is 11.9. The zero-order valence-corrected chi connectivity index (χ0v) is 10.4. The van der Waals surface area contributed by atoms with E-state index in [-0.39, 0.29) is 11.3 Å². The van der Waals surface area contributed by atoms with E-state index >= 15 is 0 Å². The third-order valence-electron chi connectivity index (χ3n) is 2.60. The molecule has 1 heterocycles. The van der Waals surface area contributed by atoms with Gasteiger partial charge in [-0.1, -0.05) is 6.92 Å². The van der Waals surface area contributed by atoms with E-state index in [2.05, 4.69) is 0 Å². The van der Waals surface area contributed by atoms with Crippen molar-refractivity contribution in [3.8, 4) is 0 Å². The number of thioether (sulfide) groups is 1. The van der Waals surface area contributed by atoms with Gasteiger partial charge in [0.1, 0.15) is 5.38 Å². The van der Waals surface area contributed by atoms with Crippen molar-refractivity contribution >= 4 is 29.3 Å². The van der Waals surface area contributed by atoms with Gasteiger partial charge in [0.05, 0.1) is 0 Å². The molecule has 1 fully saturated rings. The second-order valence-electron chi connectivity index (χ2n) is 3.52. The zero-order valence-electron chi connectivity index (χ0n) is 8.83. The van der Waals surface area contributed by atoms with Crippen molar-refractivity contribution in [3.05, 3.63) is 0 Å². The largest absolute Gasteiger partial charge is 0.338 e. The van der Waals surface area contributed by atoms with Gasteiger partial charge in [-0.05, 0) is 25.5 Å². The molecule has 0 N–H and O–H groups in total. The van der Waals surface area contributed by atoms with Gasteiger partial charge >= 0.3 is 0 Å². The van der Waals surface area contributed by atoms with Gasteiger partial charge in [0.2, 0.25) is 5.91 Å². The van der Waals surface area contributed by atoms with E-state index in [0.717, 1.165) is 25.1 Å². The highest BCUT2D eigenvalue weighted by Crippen LogP contribution is 2.23. The molecule has 2 unspecified atom stereocenters. The monoisotopic (exact) mass is 235 g/mol. The molecule has 1 saturated heterocycles. The summed E-state index contributed by atoms with van der Waals surface area (Å²) in [5.41, 5.74) is 0. The Hall–Kier alpha value is 0.110. The van der Waals surface area contributed by atoms with Gasteiger partial charge in [0.25, 0.3) is 0 Å². The van der Waals surface area contributed by atoms with Crippen molar-refractivity contribution in [2.45, 2.75) is 38.1 Å². The molecule has 0 aliphatic carbocycles. The summed E-state index contributed by atoms with van der Waals surface area (Å²) in [6, 6.07) is 0.422. The Balaban J connectivity index is 2.55. The molecule has 14 heavy (non-hydrogen) atoms. The molecule has 0 aromatic carbocycles. The first-order valence-corrected chi connectivity index (χ1v) is 6.82. The van der Waals surface area contributed by atoms with Gasteiger partial charge in [-0.3, -0.25) is 4.79 Å². The maximum Gasteiger partial charge on any atom is 0.240 e. The molecular formula is C10H18ClNOS. The van der Waals surface area contributed by atoms with Crippen molar-refractivity contribution in [2.24, 2.45) is 0 Å². The average molecular weight is 236 g/mol. The Morgan fingerprint density at radius 1 is 1.64 bits per heavy atom. The quantitative estimate of drug-likeness (QED) is 0.698. The Labute approximate surface area is 95.4 Å². The molecule has 1 amide bonds. The molecule has 2 nitrogen and oxygen atoms in total. The van der Waals surface area contributed by atoms with Crippen LogP contribution in [0.3, 0.4) is 0 Å². The lowest BCUT2D eigenvalue weighted by molar-refractivity contribution is -0.132. The van der Waals surface area contributed by atoms with Crippen molar-refractivity contribution in [2.75, 3.05) is 18.1 Å². The molecule has 0 spiro atoms. The molecule has 0 aromatic rings. The van der Waals surface area contributed by atoms with E-state index in [1.54, 1.807) is 0 Å². The second kappa shape index (κ2) is 5.86. The minimum atomic E-state index is -0.333. The Morgan fingerprint density at radius 3 is 2.79 bits per heavy atom. The standard InChI is InChI=1S/C10H18ClNOS/c1-3-9(11)10(13)12(4-2)8-5-6-14-7-8/h8-9H,3-7H2,1-2H3. The molecular weight excluding hydrogens is 218 g/mol. The summed E-state index contributed by atoms with van der Waals surface area (Å²) in [7, 11) is 0. The Bertz CT molecular complexity index is 195. The minimum absolute atomic E-state index is 0.115. The summed E-state index contributed by atoms with van der Waals surface area (Å²) in [4.78, 5) is 13.8. The highest BCUT2D eigenvalue weighted by atomic mass is 35.5. The Kier molecular flexibility index (Phi) is 5.10. The van der Waals surface area contributed by atoms with E-state index in [0.29, 0.717) is 6.04 Å². The lowest BCUT2D eigenvalue weighted by Gasteiger charge is -2.28. The highest BCUT2D eigenvalue weighted by Gasteiger charge is 2.28. The minimum Gasteiger partial charge on any atom is -0.338 e. The predicted molar refractivity (Wildman–Crippen MR) is 63.0 cm³/mol. The van der Waals surface area contributed by atoms with Gasteiger partial charge in [0.15, 0.2) is 0 Å². The van der Waals surface area contributed by atoms with Gasteiger partial charge < -0.3 is 4.90 Å². The van der Waals surface area contributed by atoms with E-state index < -0.39 is 0 Å². The van der Waals surface area contributed by atoms with Gasteiger partial charge in [0, 0.05) is 18.3 Å². The molecule has 1 rings (SSSR count). The third-order valence-corrected chi connectivity index (χ3v) is 4.24. The predicted octanol–water partition coefficient (Wildman–Crippen LogP) is 2.36. The number of carbonyl (C=O) groups is 1. The zero-order chi connectivity index (χ0) is 10.6. The molecule has 4 heteroatoms. The van der Waals surface area contributed by atoms with Crippen LogP contribution in [-0.4, -0.2) is 40.3 Å². The lowest BCUT2D eigenvalue weighted by Crippen LogP contribution is -2.44. The number of hydrogen-bond donors (Lipinski definition) is 0. The maximum absolute atomic E-state index is 11.9. The number of hydrogen-bond acceptors (Lipinski definition) is 2. The molecule has 0 aromatic heterocycles. The van der Waals surface area contributed by atoms with Crippen LogP contribution in [0.5, 0.6) is 0 Å². The number of amides is 1. The fourth-order valence-electron chi connectivity index (χ4n) is 1.72. The number of carbonyl (C=O) groups excluding carboxylic acids is 1. The fourth-order valence-corrected chi connectivity index (χ4v) is 3.07. The Morgan fingerprint density at radius 2 is 2.36 bits per heavy atom. The van der Waals surface area contributed by atoms with Crippen molar-refractivity contribution in [1.82, 2.24) is 4.90 Å². The van der Waals surface area contributed by atoms with E-state index in [9.17, 15) is 4.79 Å². The van der Waals surface area contributed by atoms with Crippen LogP contribution in [0, 0.1) is 0 Å². The third kappa shape index (κ3) is 2.80. The van der Waals surface area contributed by atoms with Gasteiger partial charge in [-0.2, -0.15) is 11.8 Å². The molecule has 1 aliphatic rings. The van der Waals surface area contributed by atoms with E-state index in [4.69, 9.17) is 11.6 Å². The number of rotatable bonds is 4. The summed E-state index contributed by atoms with van der Waals surface area (Å²) in [5.74, 6) is 2.37. The smallest absolute Gasteiger partial charge is 0.240 e. The first kappa shape index (κ1) is 12.2. The molecule has 1 aliphatic heterocycles. The van der Waals surface area contributed by atoms with Crippen LogP contribution in [0.2, 0.25) is 0 Å². The average Bonchev–Trinajstić information content (AvgIpc) is 2.71. The molecule has 0 radical (unpaired) electrons. The fraction of sp³-hybridized carbons (Fsp3) is 0.900. The van der Waals surface area contributed by atoms with E-state index in [1.165, 1.54) is 5.75 Å². The van der Waals surface area contributed by atoms with Gasteiger partial charge in [-0.15, -0.1) is 11.6 Å². The van der Waals surface area contributed by atoms with Crippen LogP contribution in [-0.2, 0) is 4.79 Å². The first-order valence-electron chi connectivity index (χ1n) is 5.23. The summed E-state index contributed by atoms with van der Waals surface area (Å²) >= 11 is 7.90. The van der Waals surface area contributed by atoms with Crippen LogP contribution in [0.25, 0.3) is 0 Å². The highest BCUT2D eigenvalue weighted by molar-refractivity contribution is 7.99. The molecule has 0 saturated carbocycles. The first-order chi connectivity index (χ1) is 6.70. The van der Waals surface area contributed by atoms with Crippen LogP contribution in [0.15, 0.2) is 0 Å². The molecule has 82 valence electrons. The topological polar surface area (TPSA) is 20.3 Å². The summed E-state index contributed by atoms with van der Waals surface area (Å²) in [6.07, 6.45) is 1.84. The van der Waals surface area contributed by atoms with E-state index in [1.807, 2.05) is 30.5 Å². The molecule has 2 atom stereocenters. The van der Waals surface area contributed by atoms with Crippen LogP contribution < -0.4 is 0 Å². The number of halogens is 1. The van der Waals surface area contributed by atoms with Crippen molar-refractivity contribution in [1.29, 1.82) is 0 Å². The van der Waals surface area contributed by atoms with Gasteiger partial charge in [-0.25, -0.2) is 0 Å². The van der Waals surface area contributed by atoms with Crippen molar-refractivity contribution in [3.63, 3.8) is 0 Å². The second-order valence-corrected chi connectivity index (χ2v) is 5.19.